The summed E-state index contributed by atoms with van der Waals surface area (Å²) in [7, 11) is 0. The molecule has 0 aliphatic carbocycles. The Morgan fingerprint density at radius 3 is 2.59 bits per heavy atom. The number of ether oxygens (including phenoxy) is 2. The minimum Gasteiger partial charge on any atom is -0.491 e. The lowest BCUT2D eigenvalue weighted by molar-refractivity contribution is 0.0526. The third-order valence-electron chi connectivity index (χ3n) is 2.60. The molecule has 1 aromatic carbocycles. The van der Waals surface area contributed by atoms with Gasteiger partial charge >= 0.3 is 6.09 Å². The third-order valence-corrected chi connectivity index (χ3v) is 2.60. The van der Waals surface area contributed by atoms with Gasteiger partial charge in [0, 0.05) is 24.3 Å². The average molecular weight is 312 g/mol. The molecule has 0 fully saturated rings. The fraction of sp³-hybridized carbons (Fsp3) is 0.562. The van der Waals surface area contributed by atoms with Crippen LogP contribution in [0.2, 0.25) is 0 Å². The predicted octanol–water partition coefficient (Wildman–Crippen LogP) is 3.55. The monoisotopic (exact) mass is 312 g/mol. The van der Waals surface area contributed by atoms with E-state index in [2.05, 4.69) is 10.6 Å². The molecule has 1 atom stereocenters. The highest BCUT2D eigenvalue weighted by Crippen LogP contribution is 2.21. The van der Waals surface area contributed by atoms with Gasteiger partial charge in [0.1, 0.15) is 5.60 Å². The molecule has 0 spiro atoms. The zero-order valence-corrected chi connectivity index (χ0v) is 13.8. The lowest BCUT2D eigenvalue weighted by atomic mass is 10.2. The van der Waals surface area contributed by atoms with Crippen LogP contribution in [-0.2, 0) is 4.74 Å². The maximum Gasteiger partial charge on any atom is 0.407 e. The van der Waals surface area contributed by atoms with Crippen LogP contribution in [0.1, 0.15) is 34.6 Å². The van der Waals surface area contributed by atoms with Crippen molar-refractivity contribution in [2.24, 2.45) is 0 Å². The molecule has 0 aromatic heterocycles. The van der Waals surface area contributed by atoms with E-state index in [1.807, 2.05) is 6.92 Å². The molecule has 0 heterocycles. The van der Waals surface area contributed by atoms with Crippen LogP contribution in [0.3, 0.4) is 0 Å². The standard InChI is InChI=1S/C16H25FN2O3/c1-6-21-14-8-7-12(9-13(14)17)19-11(2)10-18-15(20)22-16(3,4)5/h7-9,11,19H,6,10H2,1-5H3,(H,18,20). The van der Waals surface area contributed by atoms with Gasteiger partial charge in [0.05, 0.1) is 6.61 Å². The van der Waals surface area contributed by atoms with Crippen LogP contribution in [-0.4, -0.2) is 30.9 Å². The van der Waals surface area contributed by atoms with E-state index in [9.17, 15) is 9.18 Å². The highest BCUT2D eigenvalue weighted by molar-refractivity contribution is 5.67. The first-order valence-electron chi connectivity index (χ1n) is 7.37. The highest BCUT2D eigenvalue weighted by Gasteiger charge is 2.16. The van der Waals surface area contributed by atoms with Gasteiger partial charge in [-0.2, -0.15) is 0 Å². The Hall–Kier alpha value is -1.98. The van der Waals surface area contributed by atoms with Crippen molar-refractivity contribution in [3.8, 4) is 5.75 Å². The van der Waals surface area contributed by atoms with E-state index in [4.69, 9.17) is 9.47 Å². The van der Waals surface area contributed by atoms with Crippen molar-refractivity contribution in [3.05, 3.63) is 24.0 Å². The molecule has 0 radical (unpaired) electrons. The molecule has 0 saturated heterocycles. The van der Waals surface area contributed by atoms with E-state index in [-0.39, 0.29) is 11.8 Å². The fourth-order valence-corrected chi connectivity index (χ4v) is 1.75. The second-order valence-electron chi connectivity index (χ2n) is 6.01. The lowest BCUT2D eigenvalue weighted by Gasteiger charge is -2.21. The Kier molecular flexibility index (Phi) is 6.46. The summed E-state index contributed by atoms with van der Waals surface area (Å²) >= 11 is 0. The SMILES string of the molecule is CCOc1ccc(NC(C)CNC(=O)OC(C)(C)C)cc1F. The smallest absolute Gasteiger partial charge is 0.407 e. The molecular weight excluding hydrogens is 287 g/mol. The number of carbonyl (C=O) groups is 1. The largest absolute Gasteiger partial charge is 0.491 e. The highest BCUT2D eigenvalue weighted by atomic mass is 19.1. The first kappa shape index (κ1) is 18.1. The second kappa shape index (κ2) is 7.87. The van der Waals surface area contributed by atoms with Gasteiger partial charge in [-0.1, -0.05) is 0 Å². The molecule has 1 rings (SSSR count). The van der Waals surface area contributed by atoms with Gasteiger partial charge < -0.3 is 20.1 Å². The molecule has 0 aliphatic heterocycles. The summed E-state index contributed by atoms with van der Waals surface area (Å²) in [6.07, 6.45) is -0.473. The third kappa shape index (κ3) is 6.65. The van der Waals surface area contributed by atoms with Crippen molar-refractivity contribution in [2.75, 3.05) is 18.5 Å². The number of halogens is 1. The topological polar surface area (TPSA) is 59.6 Å². The Morgan fingerprint density at radius 2 is 2.05 bits per heavy atom. The summed E-state index contributed by atoms with van der Waals surface area (Å²) in [6.45, 7) is 9.87. The Balaban J connectivity index is 2.46. The molecule has 0 aliphatic rings. The number of alkyl carbamates (subject to hydrolysis) is 1. The summed E-state index contributed by atoms with van der Waals surface area (Å²) in [5.41, 5.74) is 0.0957. The number of hydrogen-bond donors (Lipinski definition) is 2. The number of benzene rings is 1. The normalized spacial score (nSPS) is 12.5. The minimum atomic E-state index is -0.529. The van der Waals surface area contributed by atoms with Gasteiger partial charge in [0.25, 0.3) is 0 Å². The first-order chi connectivity index (χ1) is 10.2. The van der Waals surface area contributed by atoms with E-state index in [1.54, 1.807) is 39.8 Å². The number of hydrogen-bond acceptors (Lipinski definition) is 4. The molecule has 1 amide bonds. The molecule has 1 unspecified atom stereocenters. The maximum atomic E-state index is 13.7. The van der Waals surface area contributed by atoms with Crippen LogP contribution in [0.25, 0.3) is 0 Å². The van der Waals surface area contributed by atoms with Crippen molar-refractivity contribution >= 4 is 11.8 Å². The van der Waals surface area contributed by atoms with Gasteiger partial charge in [0.2, 0.25) is 0 Å². The quantitative estimate of drug-likeness (QED) is 0.843. The Morgan fingerprint density at radius 1 is 1.36 bits per heavy atom. The number of rotatable bonds is 6. The number of anilines is 1. The lowest BCUT2D eigenvalue weighted by Crippen LogP contribution is -2.38. The molecule has 0 bridgehead atoms. The van der Waals surface area contributed by atoms with E-state index < -0.39 is 17.5 Å². The summed E-state index contributed by atoms with van der Waals surface area (Å²) in [4.78, 5) is 11.5. The average Bonchev–Trinajstić information content (AvgIpc) is 2.38. The van der Waals surface area contributed by atoms with Gasteiger partial charge in [-0.15, -0.1) is 0 Å². The van der Waals surface area contributed by atoms with Crippen molar-refractivity contribution < 1.29 is 18.7 Å². The van der Waals surface area contributed by atoms with E-state index in [0.717, 1.165) is 0 Å². The number of carbonyl (C=O) groups excluding carboxylic acids is 1. The number of amides is 1. The molecule has 6 heteroatoms. The fourth-order valence-electron chi connectivity index (χ4n) is 1.75. The number of nitrogens with one attached hydrogen (secondary N) is 2. The van der Waals surface area contributed by atoms with Crippen LogP contribution in [0.5, 0.6) is 5.75 Å². The zero-order valence-electron chi connectivity index (χ0n) is 13.8. The van der Waals surface area contributed by atoms with E-state index in [0.29, 0.717) is 18.8 Å². The van der Waals surface area contributed by atoms with Gasteiger partial charge in [-0.05, 0) is 46.8 Å². The van der Waals surface area contributed by atoms with Crippen LogP contribution in [0.15, 0.2) is 18.2 Å². The van der Waals surface area contributed by atoms with Crippen LogP contribution in [0, 0.1) is 5.82 Å². The van der Waals surface area contributed by atoms with E-state index >= 15 is 0 Å². The maximum absolute atomic E-state index is 13.7. The molecular formula is C16H25FN2O3. The van der Waals surface area contributed by atoms with Crippen molar-refractivity contribution in [1.82, 2.24) is 5.32 Å². The summed E-state index contributed by atoms with van der Waals surface area (Å²) in [5, 5.41) is 5.77. The van der Waals surface area contributed by atoms with Crippen molar-refractivity contribution in [2.45, 2.75) is 46.3 Å². The Bertz CT molecular complexity index is 501. The van der Waals surface area contributed by atoms with Crippen LogP contribution >= 0.6 is 0 Å². The first-order valence-corrected chi connectivity index (χ1v) is 7.37. The van der Waals surface area contributed by atoms with Crippen LogP contribution < -0.4 is 15.4 Å². The van der Waals surface area contributed by atoms with Crippen molar-refractivity contribution in [3.63, 3.8) is 0 Å². The zero-order chi connectivity index (χ0) is 16.8. The molecule has 5 nitrogen and oxygen atoms in total. The summed E-state index contributed by atoms with van der Waals surface area (Å²) in [5.74, 6) is -0.188. The molecule has 2 N–H and O–H groups in total. The van der Waals surface area contributed by atoms with E-state index in [1.165, 1.54) is 6.07 Å². The molecule has 124 valence electrons. The molecule has 0 saturated carbocycles. The van der Waals surface area contributed by atoms with Gasteiger partial charge in [0.15, 0.2) is 11.6 Å². The predicted molar refractivity (Wildman–Crippen MR) is 84.9 cm³/mol. The van der Waals surface area contributed by atoms with Gasteiger partial charge in [-0.3, -0.25) is 0 Å². The Labute approximate surface area is 131 Å². The second-order valence-corrected chi connectivity index (χ2v) is 6.01. The molecule has 1 aromatic rings. The molecule has 22 heavy (non-hydrogen) atoms. The summed E-state index contributed by atoms with van der Waals surface area (Å²) in [6, 6.07) is 4.60. The summed E-state index contributed by atoms with van der Waals surface area (Å²) < 4.78 is 24.0. The minimum absolute atomic E-state index is 0.0788. The van der Waals surface area contributed by atoms with Gasteiger partial charge in [-0.25, -0.2) is 9.18 Å². The van der Waals surface area contributed by atoms with Crippen molar-refractivity contribution in [1.29, 1.82) is 0 Å². The van der Waals surface area contributed by atoms with Crippen LogP contribution in [0.4, 0.5) is 14.9 Å².